The second-order valence-corrected chi connectivity index (χ2v) is 6.40. The van der Waals surface area contributed by atoms with E-state index in [4.69, 9.17) is 0 Å². The minimum atomic E-state index is 0.582. The van der Waals surface area contributed by atoms with Crippen LogP contribution in [0.4, 0.5) is 0 Å². The summed E-state index contributed by atoms with van der Waals surface area (Å²) in [6, 6.07) is 1.23. The van der Waals surface area contributed by atoms with E-state index in [1.165, 1.54) is 39.0 Å². The van der Waals surface area contributed by atoms with E-state index in [1.54, 1.807) is 0 Å². The molecule has 18 heavy (non-hydrogen) atoms. The molecular formula is C15H33N3. The van der Waals surface area contributed by atoms with Gasteiger partial charge >= 0.3 is 0 Å². The molecule has 0 bridgehead atoms. The molecule has 0 spiro atoms. The zero-order valence-electron chi connectivity index (χ0n) is 13.1. The summed E-state index contributed by atoms with van der Waals surface area (Å²) in [7, 11) is 2.28. The molecule has 0 radical (unpaired) electrons. The Morgan fingerprint density at radius 1 is 1.11 bits per heavy atom. The third-order valence-electron chi connectivity index (χ3n) is 4.04. The molecule has 0 aromatic heterocycles. The number of nitrogens with zero attached hydrogens (tertiary/aromatic N) is 2. The quantitative estimate of drug-likeness (QED) is 0.716. The first-order chi connectivity index (χ1) is 8.50. The standard InChI is InChI=1S/C15H33N3/c1-13(2)15(12-16-14(3)4)17(5)10-11-18-8-6-7-9-18/h13-16H,6-12H2,1-5H3. The van der Waals surface area contributed by atoms with Gasteiger partial charge in [-0.3, -0.25) is 0 Å². The first-order valence-electron chi connectivity index (χ1n) is 7.66. The zero-order chi connectivity index (χ0) is 13.5. The van der Waals surface area contributed by atoms with E-state index in [9.17, 15) is 0 Å². The third-order valence-corrected chi connectivity index (χ3v) is 4.04. The van der Waals surface area contributed by atoms with Crippen LogP contribution in [0.15, 0.2) is 0 Å². The van der Waals surface area contributed by atoms with E-state index in [1.807, 2.05) is 0 Å². The lowest BCUT2D eigenvalue weighted by molar-refractivity contribution is 0.163. The van der Waals surface area contributed by atoms with Gasteiger partial charge in [0.15, 0.2) is 0 Å². The van der Waals surface area contributed by atoms with Crippen LogP contribution in [-0.4, -0.2) is 61.7 Å². The zero-order valence-corrected chi connectivity index (χ0v) is 13.1. The molecule has 1 saturated heterocycles. The fraction of sp³-hybridized carbons (Fsp3) is 1.00. The van der Waals surface area contributed by atoms with Gasteiger partial charge in [-0.2, -0.15) is 0 Å². The van der Waals surface area contributed by atoms with Gasteiger partial charge in [-0.15, -0.1) is 0 Å². The summed E-state index contributed by atoms with van der Waals surface area (Å²) in [6.45, 7) is 15.3. The van der Waals surface area contributed by atoms with Gasteiger partial charge in [-0.25, -0.2) is 0 Å². The molecule has 1 N–H and O–H groups in total. The first-order valence-corrected chi connectivity index (χ1v) is 7.66. The van der Waals surface area contributed by atoms with Crippen LogP contribution < -0.4 is 5.32 Å². The van der Waals surface area contributed by atoms with Crippen LogP contribution in [0.3, 0.4) is 0 Å². The topological polar surface area (TPSA) is 18.5 Å². The Bertz CT molecular complexity index is 210. The minimum Gasteiger partial charge on any atom is -0.313 e. The predicted octanol–water partition coefficient (Wildman–Crippen LogP) is 2.04. The summed E-state index contributed by atoms with van der Waals surface area (Å²) in [5.74, 6) is 0.708. The maximum Gasteiger partial charge on any atom is 0.0241 e. The summed E-state index contributed by atoms with van der Waals surface area (Å²) < 4.78 is 0. The first kappa shape index (κ1) is 15.9. The molecule has 0 amide bonds. The van der Waals surface area contributed by atoms with Crippen LogP contribution in [0.2, 0.25) is 0 Å². The molecule has 3 nitrogen and oxygen atoms in total. The molecule has 1 aliphatic rings. The molecule has 1 fully saturated rings. The summed E-state index contributed by atoms with van der Waals surface area (Å²) >= 11 is 0. The lowest BCUT2D eigenvalue weighted by Gasteiger charge is -2.33. The highest BCUT2D eigenvalue weighted by Crippen LogP contribution is 2.11. The smallest absolute Gasteiger partial charge is 0.0241 e. The van der Waals surface area contributed by atoms with Crippen molar-refractivity contribution in [1.82, 2.24) is 15.1 Å². The lowest BCUT2D eigenvalue weighted by atomic mass is 10.0. The number of likely N-dealkylation sites (tertiary alicyclic amines) is 1. The van der Waals surface area contributed by atoms with Crippen molar-refractivity contribution >= 4 is 0 Å². The van der Waals surface area contributed by atoms with Crippen LogP contribution in [0.25, 0.3) is 0 Å². The van der Waals surface area contributed by atoms with Crippen LogP contribution in [-0.2, 0) is 0 Å². The Kier molecular flexibility index (Phi) is 7.20. The van der Waals surface area contributed by atoms with E-state index in [0.717, 1.165) is 6.54 Å². The Balaban J connectivity index is 2.30. The Hall–Kier alpha value is -0.120. The molecule has 3 heteroatoms. The maximum absolute atomic E-state index is 3.58. The van der Waals surface area contributed by atoms with Gasteiger partial charge < -0.3 is 15.1 Å². The fourth-order valence-electron chi connectivity index (χ4n) is 2.73. The average molecular weight is 255 g/mol. The molecule has 1 aliphatic heterocycles. The number of nitrogens with one attached hydrogen (secondary N) is 1. The normalized spacial score (nSPS) is 19.3. The molecule has 1 atom stereocenters. The maximum atomic E-state index is 3.58. The van der Waals surface area contributed by atoms with Crippen molar-refractivity contribution in [2.24, 2.45) is 5.92 Å². The van der Waals surface area contributed by atoms with Crippen molar-refractivity contribution in [3.63, 3.8) is 0 Å². The molecule has 0 aromatic carbocycles. The summed E-state index contributed by atoms with van der Waals surface area (Å²) in [5.41, 5.74) is 0. The second kappa shape index (κ2) is 8.13. The van der Waals surface area contributed by atoms with Crippen molar-refractivity contribution in [3.8, 4) is 0 Å². The van der Waals surface area contributed by atoms with Gasteiger partial charge in [0, 0.05) is 31.7 Å². The van der Waals surface area contributed by atoms with Gasteiger partial charge in [-0.05, 0) is 38.9 Å². The van der Waals surface area contributed by atoms with Crippen LogP contribution in [0.5, 0.6) is 0 Å². The molecular weight excluding hydrogens is 222 g/mol. The predicted molar refractivity (Wildman–Crippen MR) is 80.1 cm³/mol. The number of likely N-dealkylation sites (N-methyl/N-ethyl adjacent to an activating group) is 1. The van der Waals surface area contributed by atoms with E-state index in [-0.39, 0.29) is 0 Å². The van der Waals surface area contributed by atoms with E-state index in [0.29, 0.717) is 18.0 Å². The molecule has 1 unspecified atom stereocenters. The van der Waals surface area contributed by atoms with Crippen LogP contribution in [0.1, 0.15) is 40.5 Å². The van der Waals surface area contributed by atoms with Crippen molar-refractivity contribution in [2.75, 3.05) is 39.8 Å². The largest absolute Gasteiger partial charge is 0.313 e. The molecule has 0 aliphatic carbocycles. The highest BCUT2D eigenvalue weighted by Gasteiger charge is 2.20. The number of hydrogen-bond acceptors (Lipinski definition) is 3. The van der Waals surface area contributed by atoms with Gasteiger partial charge in [-0.1, -0.05) is 27.7 Å². The van der Waals surface area contributed by atoms with Crippen LogP contribution in [0, 0.1) is 5.92 Å². The number of rotatable bonds is 8. The van der Waals surface area contributed by atoms with Crippen molar-refractivity contribution in [2.45, 2.75) is 52.6 Å². The molecule has 0 saturated carbocycles. The molecule has 0 aromatic rings. The third kappa shape index (κ3) is 5.68. The minimum absolute atomic E-state index is 0.582. The summed E-state index contributed by atoms with van der Waals surface area (Å²) in [6.07, 6.45) is 2.79. The molecule has 1 rings (SSSR count). The van der Waals surface area contributed by atoms with Gasteiger partial charge in [0.2, 0.25) is 0 Å². The fourth-order valence-corrected chi connectivity index (χ4v) is 2.73. The van der Waals surface area contributed by atoms with E-state index >= 15 is 0 Å². The van der Waals surface area contributed by atoms with Crippen molar-refractivity contribution in [1.29, 1.82) is 0 Å². The van der Waals surface area contributed by atoms with Crippen molar-refractivity contribution < 1.29 is 0 Å². The van der Waals surface area contributed by atoms with Gasteiger partial charge in [0.05, 0.1) is 0 Å². The Morgan fingerprint density at radius 3 is 2.22 bits per heavy atom. The van der Waals surface area contributed by atoms with E-state index in [2.05, 4.69) is 49.9 Å². The van der Waals surface area contributed by atoms with Crippen LogP contribution >= 0.6 is 0 Å². The highest BCUT2D eigenvalue weighted by atomic mass is 15.2. The monoisotopic (exact) mass is 255 g/mol. The van der Waals surface area contributed by atoms with Gasteiger partial charge in [0.25, 0.3) is 0 Å². The SMILES string of the molecule is CC(C)NCC(C(C)C)N(C)CCN1CCCC1. The number of hydrogen-bond donors (Lipinski definition) is 1. The van der Waals surface area contributed by atoms with E-state index < -0.39 is 0 Å². The van der Waals surface area contributed by atoms with Crippen molar-refractivity contribution in [3.05, 3.63) is 0 Å². The lowest BCUT2D eigenvalue weighted by Crippen LogP contribution is -2.47. The Labute approximate surface area is 114 Å². The van der Waals surface area contributed by atoms with Gasteiger partial charge in [0.1, 0.15) is 0 Å². The average Bonchev–Trinajstić information content (AvgIpc) is 2.78. The highest BCUT2D eigenvalue weighted by molar-refractivity contribution is 4.77. The molecule has 1 heterocycles. The second-order valence-electron chi connectivity index (χ2n) is 6.40. The Morgan fingerprint density at radius 2 is 1.72 bits per heavy atom. The molecule has 108 valence electrons. The summed E-state index contributed by atoms with van der Waals surface area (Å²) in [5, 5.41) is 3.58. The summed E-state index contributed by atoms with van der Waals surface area (Å²) in [4.78, 5) is 5.14.